The summed E-state index contributed by atoms with van der Waals surface area (Å²) in [4.78, 5) is 14.3. The molecule has 20 heavy (non-hydrogen) atoms. The molecule has 0 radical (unpaired) electrons. The third-order valence-corrected chi connectivity index (χ3v) is 4.15. The van der Waals surface area contributed by atoms with E-state index >= 15 is 0 Å². The molecule has 5 nitrogen and oxygen atoms in total. The number of carbonyl (C=O) groups excluding carboxylic acids is 1. The van der Waals surface area contributed by atoms with Crippen molar-refractivity contribution in [3.05, 3.63) is 34.0 Å². The van der Waals surface area contributed by atoms with Gasteiger partial charge in [-0.25, -0.2) is 0 Å². The second-order valence-electron chi connectivity index (χ2n) is 5.30. The van der Waals surface area contributed by atoms with Crippen LogP contribution in [-0.2, 0) is 13.1 Å². The molecule has 2 rings (SSSR count). The van der Waals surface area contributed by atoms with Crippen LogP contribution in [0, 0.1) is 0 Å². The molecule has 2 aromatic rings. The van der Waals surface area contributed by atoms with Crippen LogP contribution in [0.3, 0.4) is 0 Å². The summed E-state index contributed by atoms with van der Waals surface area (Å²) in [5.41, 5.74) is 1.17. The standard InChI is InChI=1S/C14H20N4OS/c1-10(2)18-9-15-16-14(18)7-17(4)6-12-5-13(11(3)19)20-8-12/h5,8-10H,6-7H2,1-4H3. The first-order chi connectivity index (χ1) is 9.47. The highest BCUT2D eigenvalue weighted by Gasteiger charge is 2.11. The topological polar surface area (TPSA) is 51.0 Å². The fourth-order valence-electron chi connectivity index (χ4n) is 2.06. The lowest BCUT2D eigenvalue weighted by Crippen LogP contribution is -2.20. The van der Waals surface area contributed by atoms with E-state index in [1.165, 1.54) is 16.9 Å². The van der Waals surface area contributed by atoms with Crippen LogP contribution in [-0.4, -0.2) is 32.5 Å². The van der Waals surface area contributed by atoms with E-state index in [9.17, 15) is 4.79 Å². The third kappa shape index (κ3) is 3.52. The maximum absolute atomic E-state index is 11.3. The summed E-state index contributed by atoms with van der Waals surface area (Å²) in [6.07, 6.45) is 1.77. The minimum absolute atomic E-state index is 0.128. The van der Waals surface area contributed by atoms with Gasteiger partial charge in [-0.3, -0.25) is 9.69 Å². The summed E-state index contributed by atoms with van der Waals surface area (Å²) in [5.74, 6) is 1.09. The summed E-state index contributed by atoms with van der Waals surface area (Å²) < 4.78 is 2.07. The molecule has 0 atom stereocenters. The molecular weight excluding hydrogens is 272 g/mol. The van der Waals surface area contributed by atoms with Crippen LogP contribution < -0.4 is 0 Å². The van der Waals surface area contributed by atoms with Crippen molar-refractivity contribution in [2.45, 2.75) is 39.9 Å². The average molecular weight is 292 g/mol. The molecule has 0 unspecified atom stereocenters. The van der Waals surface area contributed by atoms with Gasteiger partial charge < -0.3 is 4.57 Å². The zero-order valence-electron chi connectivity index (χ0n) is 12.3. The Morgan fingerprint density at radius 2 is 2.20 bits per heavy atom. The molecule has 108 valence electrons. The quantitative estimate of drug-likeness (QED) is 0.768. The van der Waals surface area contributed by atoms with E-state index in [0.29, 0.717) is 6.04 Å². The van der Waals surface area contributed by atoms with Gasteiger partial charge >= 0.3 is 0 Å². The van der Waals surface area contributed by atoms with Gasteiger partial charge in [0.2, 0.25) is 0 Å². The number of aromatic nitrogens is 3. The van der Waals surface area contributed by atoms with Crippen LogP contribution in [0.2, 0.25) is 0 Å². The molecule has 6 heteroatoms. The molecule has 0 saturated carbocycles. The minimum atomic E-state index is 0.128. The normalized spacial score (nSPS) is 11.5. The lowest BCUT2D eigenvalue weighted by atomic mass is 10.2. The molecule has 0 aliphatic rings. The molecule has 0 aliphatic heterocycles. The van der Waals surface area contributed by atoms with Crippen molar-refractivity contribution >= 4 is 17.1 Å². The number of hydrogen-bond donors (Lipinski definition) is 0. The van der Waals surface area contributed by atoms with Gasteiger partial charge in [-0.1, -0.05) is 0 Å². The van der Waals surface area contributed by atoms with Gasteiger partial charge in [-0.15, -0.1) is 21.5 Å². The van der Waals surface area contributed by atoms with Crippen molar-refractivity contribution < 1.29 is 4.79 Å². The van der Waals surface area contributed by atoms with Gasteiger partial charge in [-0.05, 0) is 44.8 Å². The average Bonchev–Trinajstić information content (AvgIpc) is 2.97. The first kappa shape index (κ1) is 14.9. The molecule has 0 aliphatic carbocycles. The number of ketones is 1. The van der Waals surface area contributed by atoms with E-state index in [2.05, 4.69) is 33.5 Å². The van der Waals surface area contributed by atoms with Crippen molar-refractivity contribution in [2.24, 2.45) is 0 Å². The molecule has 0 saturated heterocycles. The maximum atomic E-state index is 11.3. The van der Waals surface area contributed by atoms with E-state index in [4.69, 9.17) is 0 Å². The first-order valence-electron chi connectivity index (χ1n) is 6.62. The van der Waals surface area contributed by atoms with Crippen molar-refractivity contribution in [1.82, 2.24) is 19.7 Å². The van der Waals surface area contributed by atoms with Crippen LogP contribution >= 0.6 is 11.3 Å². The summed E-state index contributed by atoms with van der Waals surface area (Å²) in [6.45, 7) is 7.37. The number of nitrogens with zero attached hydrogens (tertiary/aromatic N) is 4. The number of hydrogen-bond acceptors (Lipinski definition) is 5. The lowest BCUT2D eigenvalue weighted by Gasteiger charge is -2.17. The highest BCUT2D eigenvalue weighted by Crippen LogP contribution is 2.17. The van der Waals surface area contributed by atoms with Gasteiger partial charge in [0.15, 0.2) is 5.78 Å². The van der Waals surface area contributed by atoms with Crippen molar-refractivity contribution in [1.29, 1.82) is 0 Å². The van der Waals surface area contributed by atoms with Gasteiger partial charge in [0.05, 0.1) is 11.4 Å². The highest BCUT2D eigenvalue weighted by atomic mass is 32.1. The number of thiophene rings is 1. The SMILES string of the molecule is CC(=O)c1cc(CN(C)Cc2nncn2C(C)C)cs1. The molecule has 0 amide bonds. The molecule has 0 bridgehead atoms. The number of rotatable bonds is 6. The monoisotopic (exact) mass is 292 g/mol. The van der Waals surface area contributed by atoms with E-state index in [1.54, 1.807) is 13.3 Å². The smallest absolute Gasteiger partial charge is 0.169 e. The van der Waals surface area contributed by atoms with Crippen LogP contribution in [0.4, 0.5) is 0 Å². The fraction of sp³-hybridized carbons (Fsp3) is 0.500. The molecule has 2 heterocycles. The zero-order chi connectivity index (χ0) is 14.7. The van der Waals surface area contributed by atoms with Gasteiger partial charge in [0, 0.05) is 12.6 Å². The van der Waals surface area contributed by atoms with Crippen molar-refractivity contribution in [3.63, 3.8) is 0 Å². The first-order valence-corrected chi connectivity index (χ1v) is 7.50. The Bertz CT molecular complexity index is 588. The zero-order valence-corrected chi connectivity index (χ0v) is 13.1. The van der Waals surface area contributed by atoms with Crippen molar-refractivity contribution in [3.8, 4) is 0 Å². The molecule has 2 aromatic heterocycles. The van der Waals surface area contributed by atoms with E-state index in [1.807, 2.05) is 18.5 Å². The molecule has 0 aromatic carbocycles. The molecule has 0 spiro atoms. The minimum Gasteiger partial charge on any atom is -0.314 e. The number of Topliss-reactive ketones (excluding diaryl/α,β-unsaturated/α-hetero) is 1. The summed E-state index contributed by atoms with van der Waals surface area (Å²) in [7, 11) is 2.05. The Labute approximate surface area is 123 Å². The second kappa shape index (κ2) is 6.28. The van der Waals surface area contributed by atoms with Crippen LogP contribution in [0.1, 0.15) is 47.9 Å². The summed E-state index contributed by atoms with van der Waals surface area (Å²) >= 11 is 1.51. The largest absolute Gasteiger partial charge is 0.314 e. The van der Waals surface area contributed by atoms with Gasteiger partial charge in [-0.2, -0.15) is 0 Å². The van der Waals surface area contributed by atoms with E-state index in [0.717, 1.165) is 23.8 Å². The van der Waals surface area contributed by atoms with Gasteiger partial charge in [0.25, 0.3) is 0 Å². The third-order valence-electron chi connectivity index (χ3n) is 3.07. The number of carbonyl (C=O) groups is 1. The van der Waals surface area contributed by atoms with E-state index in [-0.39, 0.29) is 5.78 Å². The highest BCUT2D eigenvalue weighted by molar-refractivity contribution is 7.12. The molecular formula is C14H20N4OS. The van der Waals surface area contributed by atoms with Crippen LogP contribution in [0.25, 0.3) is 0 Å². The predicted molar refractivity (Wildman–Crippen MR) is 79.9 cm³/mol. The predicted octanol–water partition coefficient (Wildman–Crippen LogP) is 2.76. The van der Waals surface area contributed by atoms with Crippen LogP contribution in [0.15, 0.2) is 17.8 Å². The van der Waals surface area contributed by atoms with E-state index < -0.39 is 0 Å². The van der Waals surface area contributed by atoms with Crippen LogP contribution in [0.5, 0.6) is 0 Å². The molecule has 0 fully saturated rings. The lowest BCUT2D eigenvalue weighted by molar-refractivity contribution is 0.102. The summed E-state index contributed by atoms with van der Waals surface area (Å²) in [6, 6.07) is 2.33. The molecule has 0 N–H and O–H groups in total. The Morgan fingerprint density at radius 1 is 1.45 bits per heavy atom. The Kier molecular flexibility index (Phi) is 4.67. The Hall–Kier alpha value is -1.53. The second-order valence-corrected chi connectivity index (χ2v) is 6.21. The Balaban J connectivity index is 1.99. The van der Waals surface area contributed by atoms with Crippen molar-refractivity contribution in [2.75, 3.05) is 7.05 Å². The van der Waals surface area contributed by atoms with Gasteiger partial charge in [0.1, 0.15) is 12.2 Å². The maximum Gasteiger partial charge on any atom is 0.169 e. The summed E-state index contributed by atoms with van der Waals surface area (Å²) in [5, 5.41) is 10.2. The Morgan fingerprint density at radius 3 is 2.80 bits per heavy atom. The fourth-order valence-corrected chi connectivity index (χ4v) is 2.87.